The summed E-state index contributed by atoms with van der Waals surface area (Å²) in [6.45, 7) is 1.58. The molecule has 0 saturated carbocycles. The zero-order valence-electron chi connectivity index (χ0n) is 15.6. The van der Waals surface area contributed by atoms with Gasteiger partial charge in [0, 0.05) is 31.1 Å². The van der Waals surface area contributed by atoms with Crippen LogP contribution in [0.15, 0.2) is 60.8 Å². The van der Waals surface area contributed by atoms with Gasteiger partial charge in [0.25, 0.3) is 5.91 Å². The Bertz CT molecular complexity index is 1110. The second-order valence-electron chi connectivity index (χ2n) is 7.54. The molecule has 4 aromatic rings. The summed E-state index contributed by atoms with van der Waals surface area (Å²) in [5, 5.41) is 0.925. The molecular weight excluding hydrogens is 348 g/mol. The molecule has 0 radical (unpaired) electrons. The van der Waals surface area contributed by atoms with Crippen molar-refractivity contribution in [2.75, 3.05) is 13.1 Å². The van der Waals surface area contributed by atoms with Gasteiger partial charge in [-0.1, -0.05) is 30.3 Å². The number of amides is 1. The van der Waals surface area contributed by atoms with E-state index in [2.05, 4.69) is 16.0 Å². The van der Waals surface area contributed by atoms with Crippen LogP contribution in [0.4, 0.5) is 0 Å². The maximum atomic E-state index is 13.2. The molecule has 1 saturated heterocycles. The number of aromatic amines is 1. The van der Waals surface area contributed by atoms with Gasteiger partial charge in [-0.15, -0.1) is 0 Å². The van der Waals surface area contributed by atoms with Gasteiger partial charge in [0.05, 0.1) is 22.1 Å². The number of fused-ring (bicyclic) bond motifs is 2. The number of piperidine rings is 1. The number of nitrogens with one attached hydrogen (secondary N) is 1. The van der Waals surface area contributed by atoms with E-state index >= 15 is 0 Å². The molecule has 1 fully saturated rings. The minimum atomic E-state index is 0.105. The molecule has 2 aromatic carbocycles. The van der Waals surface area contributed by atoms with Gasteiger partial charge in [-0.05, 0) is 43.0 Å². The molecule has 1 aliphatic heterocycles. The van der Waals surface area contributed by atoms with Gasteiger partial charge in [0.15, 0.2) is 0 Å². The predicted molar refractivity (Wildman–Crippen MR) is 110 cm³/mol. The van der Waals surface area contributed by atoms with E-state index in [-0.39, 0.29) is 5.91 Å². The zero-order valence-corrected chi connectivity index (χ0v) is 15.6. The molecule has 0 bridgehead atoms. The number of para-hydroxylation sites is 3. The summed E-state index contributed by atoms with van der Waals surface area (Å²) in [7, 11) is 0. The highest BCUT2D eigenvalue weighted by Gasteiger charge is 2.26. The number of benzene rings is 2. The highest BCUT2D eigenvalue weighted by molar-refractivity contribution is 6.06. The molecule has 5 heteroatoms. The summed E-state index contributed by atoms with van der Waals surface area (Å²) in [4.78, 5) is 27.7. The largest absolute Gasteiger partial charge is 0.342 e. The first-order valence-corrected chi connectivity index (χ1v) is 9.84. The van der Waals surface area contributed by atoms with E-state index in [0.29, 0.717) is 5.92 Å². The van der Waals surface area contributed by atoms with Crippen LogP contribution in [0, 0.1) is 5.92 Å². The van der Waals surface area contributed by atoms with Crippen LogP contribution in [0.1, 0.15) is 29.0 Å². The topological polar surface area (TPSA) is 61.9 Å². The average Bonchev–Trinajstić information content (AvgIpc) is 3.15. The number of imidazole rings is 1. The molecule has 140 valence electrons. The monoisotopic (exact) mass is 370 g/mol. The Labute approximate surface area is 163 Å². The quantitative estimate of drug-likeness (QED) is 0.588. The Morgan fingerprint density at radius 2 is 1.89 bits per heavy atom. The van der Waals surface area contributed by atoms with Crippen molar-refractivity contribution < 1.29 is 4.79 Å². The molecular formula is C23H22N4O. The van der Waals surface area contributed by atoms with Crippen LogP contribution < -0.4 is 0 Å². The lowest BCUT2D eigenvalue weighted by Gasteiger charge is -2.32. The van der Waals surface area contributed by atoms with Crippen molar-refractivity contribution >= 4 is 27.8 Å². The van der Waals surface area contributed by atoms with Crippen LogP contribution in [-0.4, -0.2) is 38.8 Å². The maximum Gasteiger partial charge on any atom is 0.254 e. The molecule has 0 aliphatic carbocycles. The van der Waals surface area contributed by atoms with E-state index in [9.17, 15) is 4.79 Å². The fourth-order valence-electron chi connectivity index (χ4n) is 4.24. The van der Waals surface area contributed by atoms with Gasteiger partial charge < -0.3 is 9.88 Å². The highest BCUT2D eigenvalue weighted by Crippen LogP contribution is 2.24. The van der Waals surface area contributed by atoms with Gasteiger partial charge in [-0.3, -0.25) is 9.78 Å². The van der Waals surface area contributed by atoms with Crippen molar-refractivity contribution in [2.45, 2.75) is 19.3 Å². The van der Waals surface area contributed by atoms with Crippen molar-refractivity contribution in [1.29, 1.82) is 0 Å². The zero-order chi connectivity index (χ0) is 18.9. The maximum absolute atomic E-state index is 13.2. The molecule has 1 amide bonds. The summed E-state index contributed by atoms with van der Waals surface area (Å²) in [5.74, 6) is 1.54. The Morgan fingerprint density at radius 1 is 1.07 bits per heavy atom. The van der Waals surface area contributed by atoms with Crippen LogP contribution in [0.3, 0.4) is 0 Å². The fourth-order valence-corrected chi connectivity index (χ4v) is 4.24. The molecule has 28 heavy (non-hydrogen) atoms. The Balaban J connectivity index is 1.35. The highest BCUT2D eigenvalue weighted by atomic mass is 16.2. The smallest absolute Gasteiger partial charge is 0.254 e. The fraction of sp³-hybridized carbons (Fsp3) is 0.261. The van der Waals surface area contributed by atoms with Crippen molar-refractivity contribution in [3.8, 4) is 0 Å². The van der Waals surface area contributed by atoms with Crippen LogP contribution in [-0.2, 0) is 6.42 Å². The summed E-state index contributed by atoms with van der Waals surface area (Å²) in [5.41, 5.74) is 3.69. The van der Waals surface area contributed by atoms with E-state index in [1.165, 1.54) is 0 Å². The van der Waals surface area contributed by atoms with E-state index in [0.717, 1.165) is 65.7 Å². The summed E-state index contributed by atoms with van der Waals surface area (Å²) in [6, 6.07) is 17.8. The lowest BCUT2D eigenvalue weighted by atomic mass is 9.93. The lowest BCUT2D eigenvalue weighted by molar-refractivity contribution is 0.0674. The summed E-state index contributed by atoms with van der Waals surface area (Å²) >= 11 is 0. The van der Waals surface area contributed by atoms with Crippen LogP contribution >= 0.6 is 0 Å². The Morgan fingerprint density at radius 3 is 2.79 bits per heavy atom. The predicted octanol–water partition coefficient (Wildman–Crippen LogP) is 4.21. The van der Waals surface area contributed by atoms with E-state index in [1.54, 1.807) is 6.20 Å². The third-order valence-corrected chi connectivity index (χ3v) is 5.61. The lowest BCUT2D eigenvalue weighted by Crippen LogP contribution is -2.40. The first-order chi connectivity index (χ1) is 13.8. The number of pyridine rings is 1. The molecule has 1 N–H and O–H groups in total. The molecule has 1 aliphatic rings. The number of rotatable bonds is 3. The molecule has 0 spiro atoms. The van der Waals surface area contributed by atoms with Gasteiger partial charge >= 0.3 is 0 Å². The van der Waals surface area contributed by atoms with Gasteiger partial charge in [0.2, 0.25) is 0 Å². The molecule has 0 unspecified atom stereocenters. The first kappa shape index (κ1) is 16.9. The van der Waals surface area contributed by atoms with E-state index in [4.69, 9.17) is 4.98 Å². The molecule has 3 heterocycles. The van der Waals surface area contributed by atoms with Crippen molar-refractivity contribution in [3.05, 3.63) is 72.2 Å². The van der Waals surface area contributed by atoms with Gasteiger partial charge in [-0.25, -0.2) is 4.98 Å². The second kappa shape index (κ2) is 7.08. The third-order valence-electron chi connectivity index (χ3n) is 5.61. The number of H-pyrrole nitrogens is 1. The summed E-state index contributed by atoms with van der Waals surface area (Å²) in [6.07, 6.45) is 4.75. The first-order valence-electron chi connectivity index (χ1n) is 9.84. The van der Waals surface area contributed by atoms with Gasteiger partial charge in [-0.2, -0.15) is 0 Å². The number of hydrogen-bond acceptors (Lipinski definition) is 3. The number of nitrogens with zero attached hydrogens (tertiary/aromatic N) is 3. The van der Waals surface area contributed by atoms with E-state index < -0.39 is 0 Å². The number of aromatic nitrogens is 3. The minimum absolute atomic E-state index is 0.105. The van der Waals surface area contributed by atoms with Crippen molar-refractivity contribution in [2.24, 2.45) is 5.92 Å². The third kappa shape index (κ3) is 3.13. The Hall–Kier alpha value is -3.21. The number of hydrogen-bond donors (Lipinski definition) is 1. The van der Waals surface area contributed by atoms with Crippen LogP contribution in [0.2, 0.25) is 0 Å². The van der Waals surface area contributed by atoms with Crippen molar-refractivity contribution in [3.63, 3.8) is 0 Å². The number of likely N-dealkylation sites (tertiary alicyclic amines) is 1. The molecule has 2 aromatic heterocycles. The van der Waals surface area contributed by atoms with E-state index in [1.807, 2.05) is 53.4 Å². The number of carbonyl (C=O) groups excluding carboxylic acids is 1. The van der Waals surface area contributed by atoms with Gasteiger partial charge in [0.1, 0.15) is 5.82 Å². The average molecular weight is 370 g/mol. The Kier molecular flexibility index (Phi) is 4.28. The molecule has 5 rings (SSSR count). The standard InChI is InChI=1S/C23H22N4O/c28-23(18-11-12-24-19-8-2-1-7-17(18)19)27-13-5-6-16(15-27)14-22-25-20-9-3-4-10-21(20)26-22/h1-4,7-12,16H,5-6,13-15H2,(H,25,26)/t16-/m0/s1. The molecule has 5 nitrogen and oxygen atoms in total. The normalized spacial score (nSPS) is 17.3. The second-order valence-corrected chi connectivity index (χ2v) is 7.54. The summed E-state index contributed by atoms with van der Waals surface area (Å²) < 4.78 is 0. The van der Waals surface area contributed by atoms with Crippen molar-refractivity contribution in [1.82, 2.24) is 19.9 Å². The van der Waals surface area contributed by atoms with Crippen LogP contribution in [0.25, 0.3) is 21.9 Å². The number of carbonyl (C=O) groups is 1. The molecule has 1 atom stereocenters. The SMILES string of the molecule is O=C(c1ccnc2ccccc12)N1CCC[C@@H](Cc2nc3ccccc3[nH]2)C1. The minimum Gasteiger partial charge on any atom is -0.342 e. The van der Waals surface area contributed by atoms with Crippen LogP contribution in [0.5, 0.6) is 0 Å².